The lowest BCUT2D eigenvalue weighted by atomic mass is 9.83. The number of carbonyl (C=O) groups is 4. The van der Waals surface area contributed by atoms with Crippen LogP contribution in [0.4, 0.5) is 11.8 Å². The third-order valence-electron chi connectivity index (χ3n) is 12.3. The molecular formula is C51H66N10O7S2. The number of benzene rings is 2. The van der Waals surface area contributed by atoms with Gasteiger partial charge in [-0.15, -0.1) is 22.7 Å². The third kappa shape index (κ3) is 14.8. The summed E-state index contributed by atoms with van der Waals surface area (Å²) in [5.41, 5.74) is 3.11. The number of likely N-dealkylation sites (tertiary alicyclic amines) is 1. The Kier molecular flexibility index (Phi) is 19.6. The summed E-state index contributed by atoms with van der Waals surface area (Å²) in [6, 6.07) is 15.0. The molecule has 2 aromatic carbocycles. The van der Waals surface area contributed by atoms with E-state index in [1.165, 1.54) is 22.7 Å². The zero-order chi connectivity index (χ0) is 49.2. The lowest BCUT2D eigenvalue weighted by molar-refractivity contribution is -0.139. The van der Waals surface area contributed by atoms with Gasteiger partial charge in [-0.3, -0.25) is 19.2 Å². The molecule has 5 aromatic rings. The summed E-state index contributed by atoms with van der Waals surface area (Å²) in [4.78, 5) is 73.7. The van der Waals surface area contributed by atoms with Crippen molar-refractivity contribution >= 4 is 57.9 Å². The number of nitrogens with one attached hydrogen (secondary N) is 5. The maximum Gasteiger partial charge on any atom is 0.251 e. The zero-order valence-electron chi connectivity index (χ0n) is 40.5. The number of rotatable bonds is 26. The summed E-state index contributed by atoms with van der Waals surface area (Å²) in [7, 11) is 1.73. The number of thiazole rings is 2. The highest BCUT2D eigenvalue weighted by molar-refractivity contribution is 7.13. The van der Waals surface area contributed by atoms with E-state index in [0.29, 0.717) is 80.5 Å². The molecular weight excluding hydrogens is 929 g/mol. The van der Waals surface area contributed by atoms with Crippen LogP contribution in [0, 0.1) is 11.8 Å². The van der Waals surface area contributed by atoms with Gasteiger partial charge in [0.15, 0.2) is 0 Å². The second-order valence-corrected chi connectivity index (χ2v) is 19.7. The van der Waals surface area contributed by atoms with E-state index in [1.54, 1.807) is 61.9 Å². The largest absolute Gasteiger partial charge is 0.491 e. The molecule has 3 aromatic heterocycles. The van der Waals surface area contributed by atoms with Gasteiger partial charge >= 0.3 is 0 Å². The molecule has 2 aliphatic rings. The maximum absolute atomic E-state index is 14.2. The van der Waals surface area contributed by atoms with Gasteiger partial charge in [0.1, 0.15) is 39.9 Å². The molecule has 0 radical (unpaired) electrons. The first-order valence-corrected chi connectivity index (χ1v) is 26.1. The van der Waals surface area contributed by atoms with E-state index in [-0.39, 0.29) is 42.1 Å². The highest BCUT2D eigenvalue weighted by Crippen LogP contribution is 2.37. The molecule has 0 unspecified atom stereocenters. The highest BCUT2D eigenvalue weighted by Gasteiger charge is 2.40. The molecule has 7 rings (SSSR count). The second kappa shape index (κ2) is 26.4. The number of ketones is 1. The fraction of sp³-hybridized carbons (Fsp3) is 0.490. The smallest absolute Gasteiger partial charge is 0.251 e. The second-order valence-electron chi connectivity index (χ2n) is 18.0. The van der Waals surface area contributed by atoms with Crippen LogP contribution in [0.3, 0.4) is 0 Å². The van der Waals surface area contributed by atoms with Crippen LogP contribution in [0.15, 0.2) is 71.6 Å². The van der Waals surface area contributed by atoms with Crippen molar-refractivity contribution in [3.63, 3.8) is 0 Å². The first-order chi connectivity index (χ1) is 34.1. The third-order valence-corrected chi connectivity index (χ3v) is 14.2. The van der Waals surface area contributed by atoms with Crippen molar-refractivity contribution in [3.8, 4) is 16.3 Å². The predicted molar refractivity (Wildman–Crippen MR) is 272 cm³/mol. The van der Waals surface area contributed by atoms with Gasteiger partial charge in [-0.25, -0.2) is 15.0 Å². The standard InChI is InChI=1S/C51H66N10O7S2/c1-33(2)29-55-43-19-20-54-51(59-43)56-30-39-31-69-48(57-39)37-17-15-36(16-18-37)47(64)53-21-23-66-24-25-67-26-27-68-40-13-8-12-38(28-40)45(62)41-32-70-49(58-41)42-14-9-22-61(42)50(65)44(35-10-6-5-7-11-35)60-46(63)34(3)52-4/h8,12-13,15-20,28,31-35,42,44,52H,5-7,9-11,14,21-27,29-30H2,1-4H3,(H,53,64)(H,60,63)(H2,54,55,56,59)/t34-,42-,44-/m0/s1. The van der Waals surface area contributed by atoms with Gasteiger partial charge in [0.05, 0.1) is 50.7 Å². The number of likely N-dealkylation sites (N-methyl/N-ethyl adjacent to an activating group) is 1. The van der Waals surface area contributed by atoms with E-state index in [9.17, 15) is 19.2 Å². The number of anilines is 2. The first-order valence-electron chi connectivity index (χ1n) is 24.4. The van der Waals surface area contributed by atoms with Crippen molar-refractivity contribution in [2.45, 2.75) is 90.4 Å². The van der Waals surface area contributed by atoms with E-state index in [2.05, 4.69) is 50.4 Å². The lowest BCUT2D eigenvalue weighted by Gasteiger charge is -2.35. The molecule has 19 heteroatoms. The van der Waals surface area contributed by atoms with Crippen LogP contribution in [-0.4, -0.2) is 120 Å². The van der Waals surface area contributed by atoms with Gasteiger partial charge in [-0.2, -0.15) is 4.98 Å². The molecule has 0 bridgehead atoms. The molecule has 70 heavy (non-hydrogen) atoms. The Morgan fingerprint density at radius 2 is 1.60 bits per heavy atom. The number of carbonyl (C=O) groups excluding carboxylic acids is 4. The Labute approximate surface area is 418 Å². The van der Waals surface area contributed by atoms with Gasteiger partial charge in [0.2, 0.25) is 23.5 Å². The quantitative estimate of drug-likeness (QED) is 0.0275. The van der Waals surface area contributed by atoms with E-state index in [0.717, 1.165) is 78.6 Å². The molecule has 3 amide bonds. The Hall–Kier alpha value is -5.86. The Balaban J connectivity index is 0.773. The molecule has 1 saturated carbocycles. The van der Waals surface area contributed by atoms with Crippen LogP contribution in [0.2, 0.25) is 0 Å². The van der Waals surface area contributed by atoms with E-state index in [4.69, 9.17) is 24.2 Å². The van der Waals surface area contributed by atoms with Gasteiger partial charge < -0.3 is 45.7 Å². The normalized spacial score (nSPS) is 15.9. The Bertz CT molecular complexity index is 2480. The number of nitrogens with zero attached hydrogens (tertiary/aromatic N) is 5. The number of hydrogen-bond acceptors (Lipinski definition) is 16. The number of hydrogen-bond donors (Lipinski definition) is 5. The summed E-state index contributed by atoms with van der Waals surface area (Å²) < 4.78 is 17.2. The van der Waals surface area contributed by atoms with Crippen LogP contribution in [0.5, 0.6) is 5.75 Å². The first kappa shape index (κ1) is 52.0. The van der Waals surface area contributed by atoms with Crippen molar-refractivity contribution in [2.24, 2.45) is 11.8 Å². The van der Waals surface area contributed by atoms with Crippen LogP contribution in [0.25, 0.3) is 10.6 Å². The fourth-order valence-electron chi connectivity index (χ4n) is 8.33. The van der Waals surface area contributed by atoms with Crippen LogP contribution in [-0.2, 0) is 25.6 Å². The monoisotopic (exact) mass is 994 g/mol. The number of ether oxygens (including phenoxy) is 3. The molecule has 3 atom stereocenters. The number of amides is 3. The van der Waals surface area contributed by atoms with E-state index in [1.807, 2.05) is 28.5 Å². The maximum atomic E-state index is 14.2. The fourth-order valence-corrected chi connectivity index (χ4v) is 10.1. The van der Waals surface area contributed by atoms with Gasteiger partial charge in [-0.05, 0) is 81.8 Å². The average molecular weight is 995 g/mol. The summed E-state index contributed by atoms with van der Waals surface area (Å²) >= 11 is 2.92. The molecule has 5 N–H and O–H groups in total. The topological polar surface area (TPSA) is 211 Å². The van der Waals surface area contributed by atoms with Gasteiger partial charge in [0, 0.05) is 53.3 Å². The van der Waals surface area contributed by atoms with Crippen molar-refractivity contribution in [3.05, 3.63) is 99.1 Å². The molecule has 1 aliphatic heterocycles. The van der Waals surface area contributed by atoms with Gasteiger partial charge in [0.25, 0.3) is 5.91 Å². The van der Waals surface area contributed by atoms with Crippen LogP contribution in [0.1, 0.15) is 109 Å². The summed E-state index contributed by atoms with van der Waals surface area (Å²) in [5.74, 6) is 1.79. The van der Waals surface area contributed by atoms with E-state index >= 15 is 0 Å². The average Bonchev–Trinajstić information content (AvgIpc) is 4.20. The molecule has 1 saturated heterocycles. The summed E-state index contributed by atoms with van der Waals surface area (Å²) in [6.45, 7) is 9.96. The molecule has 17 nitrogen and oxygen atoms in total. The predicted octanol–water partition coefficient (Wildman–Crippen LogP) is 7.15. The molecule has 2 fully saturated rings. The summed E-state index contributed by atoms with van der Waals surface area (Å²) in [5, 5.41) is 20.8. The Morgan fingerprint density at radius 3 is 2.39 bits per heavy atom. The van der Waals surface area contributed by atoms with Crippen molar-refractivity contribution in [1.82, 2.24) is 40.8 Å². The molecule has 374 valence electrons. The van der Waals surface area contributed by atoms with Crippen molar-refractivity contribution in [1.29, 1.82) is 0 Å². The summed E-state index contributed by atoms with van der Waals surface area (Å²) in [6.07, 6.45) is 8.37. The minimum Gasteiger partial charge on any atom is -0.491 e. The zero-order valence-corrected chi connectivity index (χ0v) is 42.2. The molecule has 1 aliphatic carbocycles. The minimum atomic E-state index is -0.584. The van der Waals surface area contributed by atoms with Crippen LogP contribution >= 0.6 is 22.7 Å². The number of aromatic nitrogens is 4. The van der Waals surface area contributed by atoms with E-state index < -0.39 is 12.1 Å². The SMILES string of the molecule is CN[C@@H](C)C(=O)N[C@H](C(=O)N1CCC[C@H]1c1nc(C(=O)c2cccc(OCCOCCOCCNC(=O)c3ccc(-c4nc(CNc5nccc(NCC(C)C)n5)cs4)cc3)c2)cs1)C1CCCCC1. The van der Waals surface area contributed by atoms with Crippen molar-refractivity contribution < 1.29 is 33.4 Å². The molecule has 0 spiro atoms. The minimum absolute atomic E-state index is 0.0622. The Morgan fingerprint density at radius 1 is 0.814 bits per heavy atom. The van der Waals surface area contributed by atoms with Crippen LogP contribution < -0.4 is 31.3 Å². The highest BCUT2D eigenvalue weighted by atomic mass is 32.1. The van der Waals surface area contributed by atoms with Crippen molar-refractivity contribution in [2.75, 3.05) is 70.3 Å². The lowest BCUT2D eigenvalue weighted by Crippen LogP contribution is -2.55. The van der Waals surface area contributed by atoms with Gasteiger partial charge in [-0.1, -0.05) is 57.4 Å². The molecule has 4 heterocycles.